The van der Waals surface area contributed by atoms with Gasteiger partial charge in [-0.05, 0) is 50.3 Å². The molecule has 2 aliphatic rings. The van der Waals surface area contributed by atoms with Gasteiger partial charge in [0, 0.05) is 52.1 Å². The lowest BCUT2D eigenvalue weighted by Gasteiger charge is -2.30. The number of hydrogen-bond donors (Lipinski definition) is 2. The second-order valence-corrected chi connectivity index (χ2v) is 8.93. The van der Waals surface area contributed by atoms with Crippen LogP contribution in [0.5, 0.6) is 0 Å². The highest BCUT2D eigenvalue weighted by atomic mass is 16.2. The third kappa shape index (κ3) is 7.31. The van der Waals surface area contributed by atoms with Crippen LogP contribution in [-0.2, 0) is 11.2 Å². The Balaban J connectivity index is 1.30. The molecule has 2 unspecified atom stereocenters. The molecule has 2 N–H and O–H groups in total. The molecule has 2 fully saturated rings. The Morgan fingerprint density at radius 3 is 2.77 bits per heavy atom. The van der Waals surface area contributed by atoms with E-state index in [-0.39, 0.29) is 5.91 Å². The fraction of sp³-hybridized carbons (Fsp3) is 0.667. The Morgan fingerprint density at radius 2 is 2.00 bits per heavy atom. The van der Waals surface area contributed by atoms with Crippen molar-refractivity contribution in [2.75, 3.05) is 52.9 Å². The number of nitrogens with one attached hydrogen (secondary N) is 2. The third-order valence-corrected chi connectivity index (χ3v) is 6.27. The van der Waals surface area contributed by atoms with E-state index in [0.717, 1.165) is 57.4 Å². The van der Waals surface area contributed by atoms with Crippen LogP contribution >= 0.6 is 0 Å². The molecule has 1 aromatic carbocycles. The van der Waals surface area contributed by atoms with Crippen LogP contribution in [0.25, 0.3) is 0 Å². The van der Waals surface area contributed by atoms with Gasteiger partial charge in [0.05, 0.1) is 0 Å². The number of nitrogens with zero attached hydrogens (tertiary/aromatic N) is 3. The maximum absolute atomic E-state index is 12.4. The predicted molar refractivity (Wildman–Crippen MR) is 124 cm³/mol. The Hall–Kier alpha value is -2.08. The van der Waals surface area contributed by atoms with E-state index < -0.39 is 0 Å². The van der Waals surface area contributed by atoms with Crippen LogP contribution < -0.4 is 10.6 Å². The number of amides is 1. The fourth-order valence-electron chi connectivity index (χ4n) is 4.58. The van der Waals surface area contributed by atoms with Crippen LogP contribution in [0.1, 0.15) is 38.2 Å². The molecule has 1 amide bonds. The van der Waals surface area contributed by atoms with Gasteiger partial charge in [-0.25, -0.2) is 0 Å². The van der Waals surface area contributed by atoms with E-state index in [1.807, 2.05) is 18.0 Å². The average Bonchev–Trinajstić information content (AvgIpc) is 3.12. The standard InChI is InChI=1S/C24H39N5O/c1-20-8-6-13-28(18-20)14-7-12-26-24(25-2)27-17-22-16-23(30)29(19-22)15-11-21-9-4-3-5-10-21/h3-5,9-10,20,22H,6-8,11-19H2,1-2H3,(H2,25,26,27). The molecule has 0 aromatic heterocycles. The lowest BCUT2D eigenvalue weighted by Crippen LogP contribution is -2.42. The van der Waals surface area contributed by atoms with Gasteiger partial charge in [-0.15, -0.1) is 0 Å². The van der Waals surface area contributed by atoms with Gasteiger partial charge in [0.1, 0.15) is 0 Å². The zero-order valence-corrected chi connectivity index (χ0v) is 18.8. The molecular weight excluding hydrogens is 374 g/mol. The van der Waals surface area contributed by atoms with Crippen molar-refractivity contribution in [1.82, 2.24) is 20.4 Å². The fourth-order valence-corrected chi connectivity index (χ4v) is 4.58. The van der Waals surface area contributed by atoms with Gasteiger partial charge in [0.25, 0.3) is 0 Å². The van der Waals surface area contributed by atoms with Gasteiger partial charge in [0.2, 0.25) is 5.91 Å². The summed E-state index contributed by atoms with van der Waals surface area (Å²) in [6, 6.07) is 10.4. The molecule has 1 aromatic rings. The van der Waals surface area contributed by atoms with E-state index in [0.29, 0.717) is 12.3 Å². The predicted octanol–water partition coefficient (Wildman–Crippen LogP) is 2.36. The molecule has 2 aliphatic heterocycles. The number of rotatable bonds is 9. The van der Waals surface area contributed by atoms with Crippen LogP contribution in [0.4, 0.5) is 0 Å². The number of guanidine groups is 1. The first-order chi connectivity index (χ1) is 14.6. The smallest absolute Gasteiger partial charge is 0.223 e. The number of hydrogen-bond acceptors (Lipinski definition) is 3. The molecule has 30 heavy (non-hydrogen) atoms. The first kappa shape index (κ1) is 22.6. The van der Waals surface area contributed by atoms with Crippen molar-refractivity contribution in [3.05, 3.63) is 35.9 Å². The summed E-state index contributed by atoms with van der Waals surface area (Å²) < 4.78 is 0. The van der Waals surface area contributed by atoms with Gasteiger partial charge in [0.15, 0.2) is 5.96 Å². The number of carbonyl (C=O) groups excluding carboxylic acids is 1. The first-order valence-electron chi connectivity index (χ1n) is 11.6. The summed E-state index contributed by atoms with van der Waals surface area (Å²) in [7, 11) is 1.81. The average molecular weight is 414 g/mol. The number of aliphatic imine (C=N–C) groups is 1. The lowest BCUT2D eigenvalue weighted by atomic mass is 10.0. The van der Waals surface area contributed by atoms with Crippen molar-refractivity contribution < 1.29 is 4.79 Å². The highest BCUT2D eigenvalue weighted by Crippen LogP contribution is 2.18. The van der Waals surface area contributed by atoms with Crippen molar-refractivity contribution in [2.24, 2.45) is 16.8 Å². The number of piperidine rings is 1. The monoisotopic (exact) mass is 413 g/mol. The third-order valence-electron chi connectivity index (χ3n) is 6.27. The van der Waals surface area contributed by atoms with Crippen LogP contribution in [0.15, 0.2) is 35.3 Å². The SMILES string of the molecule is CN=C(NCCCN1CCCC(C)C1)NCC1CC(=O)N(CCc2ccccc2)C1. The van der Waals surface area contributed by atoms with Gasteiger partial charge in [-0.3, -0.25) is 9.79 Å². The van der Waals surface area contributed by atoms with Crippen molar-refractivity contribution in [3.63, 3.8) is 0 Å². The van der Waals surface area contributed by atoms with Crippen LogP contribution in [0.3, 0.4) is 0 Å². The summed E-state index contributed by atoms with van der Waals surface area (Å²) in [5, 5.41) is 6.85. The minimum absolute atomic E-state index is 0.274. The Bertz CT molecular complexity index is 677. The molecule has 2 heterocycles. The number of benzene rings is 1. The summed E-state index contributed by atoms with van der Waals surface area (Å²) >= 11 is 0. The van der Waals surface area contributed by atoms with Crippen LogP contribution in [0.2, 0.25) is 0 Å². The summed E-state index contributed by atoms with van der Waals surface area (Å²) in [5.41, 5.74) is 1.29. The van der Waals surface area contributed by atoms with Crippen molar-refractivity contribution in [1.29, 1.82) is 0 Å². The van der Waals surface area contributed by atoms with Gasteiger partial charge in [-0.1, -0.05) is 37.3 Å². The summed E-state index contributed by atoms with van der Waals surface area (Å²) in [6.07, 6.45) is 5.39. The minimum Gasteiger partial charge on any atom is -0.356 e. The first-order valence-corrected chi connectivity index (χ1v) is 11.6. The van der Waals surface area contributed by atoms with E-state index in [1.165, 1.54) is 31.5 Å². The summed E-state index contributed by atoms with van der Waals surface area (Å²) in [5.74, 6) is 2.30. The summed E-state index contributed by atoms with van der Waals surface area (Å²) in [6.45, 7) is 9.35. The Morgan fingerprint density at radius 1 is 1.17 bits per heavy atom. The molecule has 6 nitrogen and oxygen atoms in total. The Labute approximate surface area is 182 Å². The largest absolute Gasteiger partial charge is 0.356 e. The van der Waals surface area contributed by atoms with Gasteiger partial charge < -0.3 is 20.4 Å². The normalized spacial score (nSPS) is 23.1. The van der Waals surface area contributed by atoms with Crippen molar-refractivity contribution in [3.8, 4) is 0 Å². The quantitative estimate of drug-likeness (QED) is 0.371. The molecule has 0 radical (unpaired) electrons. The molecule has 0 bridgehead atoms. The van der Waals surface area contributed by atoms with E-state index in [1.54, 1.807) is 0 Å². The molecule has 3 rings (SSSR count). The topological polar surface area (TPSA) is 60.0 Å². The zero-order chi connectivity index (χ0) is 21.2. The van der Waals surface area contributed by atoms with Crippen molar-refractivity contribution in [2.45, 2.75) is 39.0 Å². The number of carbonyl (C=O) groups is 1. The second-order valence-electron chi connectivity index (χ2n) is 8.93. The van der Waals surface area contributed by atoms with Gasteiger partial charge in [-0.2, -0.15) is 0 Å². The van der Waals surface area contributed by atoms with E-state index >= 15 is 0 Å². The molecule has 0 spiro atoms. The van der Waals surface area contributed by atoms with Gasteiger partial charge >= 0.3 is 0 Å². The molecule has 0 saturated carbocycles. The zero-order valence-electron chi connectivity index (χ0n) is 18.8. The van der Waals surface area contributed by atoms with Crippen LogP contribution in [0, 0.1) is 11.8 Å². The highest BCUT2D eigenvalue weighted by molar-refractivity contribution is 5.80. The lowest BCUT2D eigenvalue weighted by molar-refractivity contribution is -0.127. The van der Waals surface area contributed by atoms with E-state index in [2.05, 4.69) is 51.7 Å². The minimum atomic E-state index is 0.274. The number of likely N-dealkylation sites (tertiary alicyclic amines) is 2. The molecular formula is C24H39N5O. The molecule has 166 valence electrons. The van der Waals surface area contributed by atoms with E-state index in [4.69, 9.17) is 0 Å². The highest BCUT2D eigenvalue weighted by Gasteiger charge is 2.29. The molecule has 2 atom stereocenters. The molecule has 6 heteroatoms. The maximum Gasteiger partial charge on any atom is 0.223 e. The Kier molecular flexibility index (Phi) is 9.00. The van der Waals surface area contributed by atoms with E-state index in [9.17, 15) is 4.79 Å². The molecule has 2 saturated heterocycles. The maximum atomic E-state index is 12.4. The van der Waals surface area contributed by atoms with Crippen molar-refractivity contribution >= 4 is 11.9 Å². The van der Waals surface area contributed by atoms with Crippen LogP contribution in [-0.4, -0.2) is 74.5 Å². The second kappa shape index (κ2) is 11.9. The molecule has 0 aliphatic carbocycles. The summed E-state index contributed by atoms with van der Waals surface area (Å²) in [4.78, 5) is 21.3.